The molecular weight excluding hydrogens is 234 g/mol. The number of hydrogen-bond donors (Lipinski definition) is 1. The van der Waals surface area contributed by atoms with Gasteiger partial charge in [-0.2, -0.15) is 0 Å². The quantitative estimate of drug-likeness (QED) is 0.881. The number of nitrogens with zero attached hydrogens (tertiary/aromatic N) is 2. The van der Waals surface area contributed by atoms with Crippen molar-refractivity contribution >= 4 is 17.4 Å². The van der Waals surface area contributed by atoms with E-state index in [1.54, 1.807) is 6.20 Å². The minimum Gasteiger partial charge on any atom is -0.357 e. The van der Waals surface area contributed by atoms with Gasteiger partial charge in [-0.15, -0.1) is 0 Å². The van der Waals surface area contributed by atoms with Crippen LogP contribution in [0.4, 0.5) is 5.82 Å². The zero-order valence-corrected chi connectivity index (χ0v) is 10.9. The van der Waals surface area contributed by atoms with E-state index in [2.05, 4.69) is 9.88 Å². The van der Waals surface area contributed by atoms with Crippen LogP contribution < -0.4 is 10.6 Å². The first-order valence-corrected chi connectivity index (χ1v) is 6.78. The molecule has 2 rings (SSSR count). The number of anilines is 1. The molecule has 1 aliphatic rings. The molecule has 3 nitrogen and oxygen atoms in total. The summed E-state index contributed by atoms with van der Waals surface area (Å²) in [5.41, 5.74) is 6.66. The average Bonchev–Trinajstić information content (AvgIpc) is 2.30. The molecule has 1 fully saturated rings. The molecule has 1 aliphatic heterocycles. The fraction of sp³-hybridized carbons (Fsp3) is 0.615. The molecule has 0 spiro atoms. The highest BCUT2D eigenvalue weighted by atomic mass is 35.5. The minimum absolute atomic E-state index is 0.474. The Morgan fingerprint density at radius 3 is 2.47 bits per heavy atom. The van der Waals surface area contributed by atoms with E-state index in [1.165, 1.54) is 32.1 Å². The van der Waals surface area contributed by atoms with Gasteiger partial charge >= 0.3 is 0 Å². The molecule has 4 heteroatoms. The molecule has 1 aromatic rings. The summed E-state index contributed by atoms with van der Waals surface area (Å²) in [6.07, 6.45) is 8.25. The summed E-state index contributed by atoms with van der Waals surface area (Å²) in [6, 6.07) is 2.03. The third-order valence-corrected chi connectivity index (χ3v) is 3.66. The maximum atomic E-state index is 6.03. The van der Waals surface area contributed by atoms with Crippen molar-refractivity contribution in [1.82, 2.24) is 4.98 Å². The molecule has 0 unspecified atom stereocenters. The van der Waals surface area contributed by atoms with Crippen molar-refractivity contribution in [2.45, 2.75) is 38.6 Å². The topological polar surface area (TPSA) is 42.1 Å². The van der Waals surface area contributed by atoms with Crippen molar-refractivity contribution in [3.8, 4) is 0 Å². The van der Waals surface area contributed by atoms with E-state index in [4.69, 9.17) is 17.3 Å². The predicted octanol–water partition coefficient (Wildman–Crippen LogP) is 2.96. The molecule has 0 amide bonds. The molecule has 1 aromatic heterocycles. The Kier molecular flexibility index (Phi) is 4.63. The summed E-state index contributed by atoms with van der Waals surface area (Å²) in [6.45, 7) is 2.67. The molecule has 0 saturated carbocycles. The number of hydrogen-bond acceptors (Lipinski definition) is 3. The highest BCUT2D eigenvalue weighted by Gasteiger charge is 2.11. The first-order valence-electron chi connectivity index (χ1n) is 6.40. The highest BCUT2D eigenvalue weighted by Crippen LogP contribution is 2.22. The minimum atomic E-state index is 0.474. The van der Waals surface area contributed by atoms with E-state index >= 15 is 0 Å². The largest absolute Gasteiger partial charge is 0.357 e. The van der Waals surface area contributed by atoms with Gasteiger partial charge in [0.25, 0.3) is 0 Å². The van der Waals surface area contributed by atoms with Crippen LogP contribution in [-0.2, 0) is 6.54 Å². The number of rotatable bonds is 2. The molecule has 2 N–H and O–H groups in total. The summed E-state index contributed by atoms with van der Waals surface area (Å²) in [5, 5.41) is 0.670. The van der Waals surface area contributed by atoms with Gasteiger partial charge in [-0.25, -0.2) is 4.98 Å². The van der Waals surface area contributed by atoms with E-state index in [0.29, 0.717) is 11.6 Å². The lowest BCUT2D eigenvalue weighted by molar-refractivity contribution is 0.553. The van der Waals surface area contributed by atoms with Gasteiger partial charge in [0, 0.05) is 25.8 Å². The van der Waals surface area contributed by atoms with Crippen molar-refractivity contribution in [2.75, 3.05) is 18.0 Å². The zero-order chi connectivity index (χ0) is 12.1. The standard InChI is InChI=1S/C13H20ClN3/c14-12-10-16-13(8-11(12)9-15)17-6-4-2-1-3-5-7-17/h8,10H,1-7,9,15H2. The molecule has 0 radical (unpaired) electrons. The summed E-state index contributed by atoms with van der Waals surface area (Å²) >= 11 is 6.03. The first kappa shape index (κ1) is 12.7. The monoisotopic (exact) mass is 253 g/mol. The van der Waals surface area contributed by atoms with E-state index in [0.717, 1.165) is 24.5 Å². The van der Waals surface area contributed by atoms with Gasteiger partial charge in [-0.3, -0.25) is 0 Å². The normalized spacial score (nSPS) is 17.6. The van der Waals surface area contributed by atoms with Crippen LogP contribution in [0, 0.1) is 0 Å². The van der Waals surface area contributed by atoms with Gasteiger partial charge in [0.05, 0.1) is 5.02 Å². The SMILES string of the molecule is NCc1cc(N2CCCCCCC2)ncc1Cl. The van der Waals surface area contributed by atoms with Gasteiger partial charge in [-0.05, 0) is 24.5 Å². The Labute approximate surface area is 108 Å². The molecular formula is C13H20ClN3. The van der Waals surface area contributed by atoms with Crippen LogP contribution in [0.25, 0.3) is 0 Å². The Hall–Kier alpha value is -0.800. The van der Waals surface area contributed by atoms with E-state index < -0.39 is 0 Å². The Bertz CT molecular complexity index is 360. The molecule has 0 bridgehead atoms. The lowest BCUT2D eigenvalue weighted by Gasteiger charge is -2.26. The third-order valence-electron chi connectivity index (χ3n) is 3.32. The lowest BCUT2D eigenvalue weighted by atomic mass is 10.1. The summed E-state index contributed by atoms with van der Waals surface area (Å²) in [5.74, 6) is 1.02. The van der Waals surface area contributed by atoms with Crippen LogP contribution in [0.1, 0.15) is 37.7 Å². The average molecular weight is 254 g/mol. The first-order chi connectivity index (χ1) is 8.31. The lowest BCUT2D eigenvalue weighted by Crippen LogP contribution is -2.28. The molecule has 0 atom stereocenters. The maximum Gasteiger partial charge on any atom is 0.128 e. The zero-order valence-electron chi connectivity index (χ0n) is 10.2. The van der Waals surface area contributed by atoms with Gasteiger partial charge in [-0.1, -0.05) is 30.9 Å². The number of halogens is 1. The Morgan fingerprint density at radius 2 is 1.82 bits per heavy atom. The van der Waals surface area contributed by atoms with Gasteiger partial charge in [0.2, 0.25) is 0 Å². The second-order valence-electron chi connectivity index (χ2n) is 4.59. The van der Waals surface area contributed by atoms with Gasteiger partial charge < -0.3 is 10.6 Å². The van der Waals surface area contributed by atoms with E-state index in [9.17, 15) is 0 Å². The third kappa shape index (κ3) is 3.33. The smallest absolute Gasteiger partial charge is 0.128 e. The molecule has 0 aliphatic carbocycles. The van der Waals surface area contributed by atoms with E-state index in [-0.39, 0.29) is 0 Å². The maximum absolute atomic E-state index is 6.03. The van der Waals surface area contributed by atoms with Crippen LogP contribution >= 0.6 is 11.6 Å². The Balaban J connectivity index is 2.13. The molecule has 1 saturated heterocycles. The second kappa shape index (κ2) is 6.22. The molecule has 0 aromatic carbocycles. The molecule has 94 valence electrons. The number of aromatic nitrogens is 1. The van der Waals surface area contributed by atoms with Crippen molar-refractivity contribution in [2.24, 2.45) is 5.73 Å². The predicted molar refractivity (Wildman–Crippen MR) is 72.4 cm³/mol. The fourth-order valence-electron chi connectivity index (χ4n) is 2.27. The summed E-state index contributed by atoms with van der Waals surface area (Å²) < 4.78 is 0. The summed E-state index contributed by atoms with van der Waals surface area (Å²) in [4.78, 5) is 6.78. The molecule has 17 heavy (non-hydrogen) atoms. The van der Waals surface area contributed by atoms with Crippen molar-refractivity contribution in [3.63, 3.8) is 0 Å². The van der Waals surface area contributed by atoms with Crippen molar-refractivity contribution in [3.05, 3.63) is 22.8 Å². The molecule has 2 heterocycles. The van der Waals surface area contributed by atoms with Crippen molar-refractivity contribution < 1.29 is 0 Å². The van der Waals surface area contributed by atoms with Crippen LogP contribution in [0.3, 0.4) is 0 Å². The van der Waals surface area contributed by atoms with Crippen LogP contribution in [0.15, 0.2) is 12.3 Å². The van der Waals surface area contributed by atoms with Crippen LogP contribution in [0.5, 0.6) is 0 Å². The van der Waals surface area contributed by atoms with E-state index in [1.807, 2.05) is 6.07 Å². The Morgan fingerprint density at radius 1 is 1.18 bits per heavy atom. The number of pyridine rings is 1. The fourth-order valence-corrected chi connectivity index (χ4v) is 2.45. The van der Waals surface area contributed by atoms with Gasteiger partial charge in [0.1, 0.15) is 5.82 Å². The highest BCUT2D eigenvalue weighted by molar-refractivity contribution is 6.31. The van der Waals surface area contributed by atoms with Crippen LogP contribution in [0.2, 0.25) is 5.02 Å². The van der Waals surface area contributed by atoms with Crippen LogP contribution in [-0.4, -0.2) is 18.1 Å². The van der Waals surface area contributed by atoms with Crippen molar-refractivity contribution in [1.29, 1.82) is 0 Å². The summed E-state index contributed by atoms with van der Waals surface area (Å²) in [7, 11) is 0. The second-order valence-corrected chi connectivity index (χ2v) is 5.00. The van der Waals surface area contributed by atoms with Gasteiger partial charge in [0.15, 0.2) is 0 Å². The number of nitrogens with two attached hydrogens (primary N) is 1.